The normalized spacial score (nSPS) is 8.52. The van der Waals surface area contributed by atoms with Gasteiger partial charge in [-0.15, -0.1) is 0 Å². The molecule has 104 valence electrons. The van der Waals surface area contributed by atoms with Crippen molar-refractivity contribution in [1.82, 2.24) is 0 Å². The molecule has 0 aliphatic rings. The maximum atomic E-state index is 10.1. The van der Waals surface area contributed by atoms with Crippen LogP contribution in [-0.2, 0) is 0 Å². The van der Waals surface area contributed by atoms with E-state index in [4.69, 9.17) is 18.4 Å². The van der Waals surface area contributed by atoms with Crippen LogP contribution in [0.25, 0.3) is 9.69 Å². The molecule has 0 amide bonds. The van der Waals surface area contributed by atoms with Gasteiger partial charge in [0.15, 0.2) is 11.4 Å². The minimum absolute atomic E-state index is 0.0115. The highest BCUT2D eigenvalue weighted by Gasteiger charge is 2.02. The van der Waals surface area contributed by atoms with Crippen LogP contribution < -0.4 is 5.48 Å². The summed E-state index contributed by atoms with van der Waals surface area (Å²) in [7, 11) is 0. The number of benzene rings is 2. The average molecular weight is 282 g/mol. The van der Waals surface area contributed by atoms with Crippen molar-refractivity contribution in [2.45, 2.75) is 0 Å². The quantitative estimate of drug-likeness (QED) is 0.491. The Kier molecular flexibility index (Phi) is 5.88. The molecule has 0 aromatic heterocycles. The molecule has 21 heavy (non-hydrogen) atoms. The fourth-order valence-corrected chi connectivity index (χ4v) is 1.26. The second-order valence-corrected chi connectivity index (χ2v) is 3.66. The first kappa shape index (κ1) is 15.6. The third-order valence-corrected chi connectivity index (χ3v) is 2.32. The van der Waals surface area contributed by atoms with E-state index in [-0.39, 0.29) is 5.69 Å². The van der Waals surface area contributed by atoms with Gasteiger partial charge in [-0.25, -0.2) is 9.69 Å². The van der Waals surface area contributed by atoms with Crippen LogP contribution in [0.2, 0.25) is 0 Å². The van der Waals surface area contributed by atoms with Gasteiger partial charge in [-0.05, 0) is 24.3 Å². The second-order valence-electron chi connectivity index (χ2n) is 3.66. The van der Waals surface area contributed by atoms with Crippen LogP contribution in [0.4, 0.5) is 22.7 Å². The average Bonchev–Trinajstić information content (AvgIpc) is 2.55. The fraction of sp³-hybridized carbons (Fsp3) is 0. The Hall–Kier alpha value is -3.42. The predicted octanol–water partition coefficient (Wildman–Crippen LogP) is 4.18. The van der Waals surface area contributed by atoms with Crippen molar-refractivity contribution in [1.29, 1.82) is 0 Å². The summed E-state index contributed by atoms with van der Waals surface area (Å²) >= 11 is 0. The van der Waals surface area contributed by atoms with Gasteiger partial charge in [0, 0.05) is 12.1 Å². The van der Waals surface area contributed by atoms with Gasteiger partial charge < -0.3 is 0 Å². The first-order chi connectivity index (χ1) is 10.1. The van der Waals surface area contributed by atoms with Gasteiger partial charge in [0.25, 0.3) is 5.69 Å². The van der Waals surface area contributed by atoms with E-state index in [0.717, 1.165) is 0 Å². The highest BCUT2D eigenvalue weighted by molar-refractivity contribution is 5.53. The minimum atomic E-state index is -0.492. The third kappa shape index (κ3) is 4.99. The van der Waals surface area contributed by atoms with E-state index in [2.05, 4.69) is 9.69 Å². The van der Waals surface area contributed by atoms with E-state index in [1.54, 1.807) is 24.3 Å². The fourth-order valence-electron chi connectivity index (χ4n) is 1.26. The standard InChI is InChI=1S/C7H4N2O2.C7H6N2O/c1-8-6-2-4-7(5-3-6)9(10)11;1-8-6-2-4-7(9-10)5-3-6/h2-5H;2-5,9-10H. The molecule has 0 spiro atoms. The SMILES string of the molecule is [C-]#[N+]c1ccc(NO)cc1.[C-]#[N+]c1ccc([N+](=O)[O-])cc1. The molecule has 7 nitrogen and oxygen atoms in total. The number of nitro groups is 1. The number of nitrogens with one attached hydrogen (secondary N) is 1. The molecule has 0 bridgehead atoms. The van der Waals surface area contributed by atoms with E-state index in [0.29, 0.717) is 17.1 Å². The Morgan fingerprint density at radius 3 is 1.71 bits per heavy atom. The molecule has 0 saturated heterocycles. The highest BCUT2D eigenvalue weighted by Crippen LogP contribution is 2.17. The summed E-state index contributed by atoms with van der Waals surface area (Å²) in [5.74, 6) is 0. The lowest BCUT2D eigenvalue weighted by Crippen LogP contribution is -1.86. The zero-order valence-electron chi connectivity index (χ0n) is 10.7. The van der Waals surface area contributed by atoms with E-state index >= 15 is 0 Å². The molecule has 0 fully saturated rings. The highest BCUT2D eigenvalue weighted by atomic mass is 16.6. The van der Waals surface area contributed by atoms with E-state index in [1.165, 1.54) is 24.3 Å². The molecule has 0 aliphatic carbocycles. The first-order valence-electron chi connectivity index (χ1n) is 5.60. The predicted molar refractivity (Wildman–Crippen MR) is 77.5 cm³/mol. The van der Waals surface area contributed by atoms with Crippen LogP contribution in [0.1, 0.15) is 0 Å². The first-order valence-corrected chi connectivity index (χ1v) is 5.60. The van der Waals surface area contributed by atoms with Crippen molar-refractivity contribution >= 4 is 22.7 Å². The monoisotopic (exact) mass is 282 g/mol. The van der Waals surface area contributed by atoms with E-state index in [1.807, 2.05) is 5.48 Å². The van der Waals surface area contributed by atoms with Crippen LogP contribution >= 0.6 is 0 Å². The Labute approximate surface area is 120 Å². The summed E-state index contributed by atoms with van der Waals surface area (Å²) in [6.45, 7) is 13.2. The second kappa shape index (κ2) is 7.89. The maximum Gasteiger partial charge on any atom is 0.266 e. The molecular weight excluding hydrogens is 272 g/mol. The molecule has 0 aliphatic heterocycles. The molecular formula is C14H10N4O3. The van der Waals surface area contributed by atoms with Crippen molar-refractivity contribution < 1.29 is 10.1 Å². The smallest absolute Gasteiger partial charge is 0.266 e. The molecule has 2 rings (SSSR count). The van der Waals surface area contributed by atoms with Crippen molar-refractivity contribution in [3.05, 3.63) is 81.5 Å². The van der Waals surface area contributed by atoms with Crippen molar-refractivity contribution in [2.75, 3.05) is 5.48 Å². The molecule has 2 aromatic carbocycles. The Bertz CT molecular complexity index is 682. The van der Waals surface area contributed by atoms with Gasteiger partial charge >= 0.3 is 0 Å². The van der Waals surface area contributed by atoms with Crippen molar-refractivity contribution in [3.8, 4) is 0 Å². The number of nitro benzene ring substituents is 1. The summed E-state index contributed by atoms with van der Waals surface area (Å²) in [5, 5.41) is 18.5. The van der Waals surface area contributed by atoms with Crippen molar-refractivity contribution in [2.24, 2.45) is 0 Å². The lowest BCUT2D eigenvalue weighted by Gasteiger charge is -1.95. The number of hydrogen-bond donors (Lipinski definition) is 2. The van der Waals surface area contributed by atoms with Gasteiger partial charge in [0.1, 0.15) is 0 Å². The molecule has 0 unspecified atom stereocenters. The summed E-state index contributed by atoms with van der Waals surface area (Å²) in [6, 6.07) is 12.0. The van der Waals surface area contributed by atoms with Crippen LogP contribution in [0.3, 0.4) is 0 Å². The van der Waals surface area contributed by atoms with Gasteiger partial charge in [-0.2, -0.15) is 0 Å². The third-order valence-electron chi connectivity index (χ3n) is 2.32. The topological polar surface area (TPSA) is 84.1 Å². The number of nitrogens with zero attached hydrogens (tertiary/aromatic N) is 3. The molecule has 0 saturated carbocycles. The van der Waals surface area contributed by atoms with Gasteiger partial charge in [-0.1, -0.05) is 12.1 Å². The molecule has 0 atom stereocenters. The van der Waals surface area contributed by atoms with Crippen LogP contribution in [0.15, 0.2) is 48.5 Å². The van der Waals surface area contributed by atoms with Gasteiger partial charge in [-0.3, -0.25) is 20.8 Å². The van der Waals surface area contributed by atoms with Crippen LogP contribution in [0.5, 0.6) is 0 Å². The summed E-state index contributed by atoms with van der Waals surface area (Å²) in [6.07, 6.45) is 0. The minimum Gasteiger partial charge on any atom is -0.291 e. The summed E-state index contributed by atoms with van der Waals surface area (Å²) in [4.78, 5) is 15.9. The lowest BCUT2D eigenvalue weighted by atomic mass is 10.3. The van der Waals surface area contributed by atoms with Crippen LogP contribution in [-0.4, -0.2) is 10.1 Å². The van der Waals surface area contributed by atoms with Crippen LogP contribution in [0, 0.1) is 23.3 Å². The van der Waals surface area contributed by atoms with E-state index < -0.39 is 4.92 Å². The number of rotatable bonds is 2. The van der Waals surface area contributed by atoms with Gasteiger partial charge in [0.2, 0.25) is 0 Å². The van der Waals surface area contributed by atoms with Crippen molar-refractivity contribution in [3.63, 3.8) is 0 Å². The van der Waals surface area contributed by atoms with Gasteiger partial charge in [0.05, 0.1) is 23.8 Å². The Morgan fingerprint density at radius 2 is 1.38 bits per heavy atom. The molecule has 2 aromatic rings. The summed E-state index contributed by atoms with van der Waals surface area (Å²) < 4.78 is 0. The molecule has 0 heterocycles. The van der Waals surface area contributed by atoms with E-state index in [9.17, 15) is 10.1 Å². The molecule has 0 radical (unpaired) electrons. The maximum absolute atomic E-state index is 10.1. The zero-order chi connectivity index (χ0) is 15.7. The number of hydrogen-bond acceptors (Lipinski definition) is 4. The number of non-ortho nitro benzene ring substituents is 1. The molecule has 7 heteroatoms. The Morgan fingerprint density at radius 1 is 0.952 bits per heavy atom. The summed E-state index contributed by atoms with van der Waals surface area (Å²) in [5.41, 5.74) is 3.56. The lowest BCUT2D eigenvalue weighted by molar-refractivity contribution is -0.384. The number of anilines is 1. The zero-order valence-corrected chi connectivity index (χ0v) is 10.7. The largest absolute Gasteiger partial charge is 0.291 e. The Balaban J connectivity index is 0.000000211. The molecule has 2 N–H and O–H groups in total.